The Kier molecular flexibility index (Phi) is 5.26. The second kappa shape index (κ2) is 7.36. The lowest BCUT2D eigenvalue weighted by Gasteiger charge is -2.04. The van der Waals surface area contributed by atoms with Crippen LogP contribution in [0, 0.1) is 6.92 Å². The summed E-state index contributed by atoms with van der Waals surface area (Å²) in [6.07, 6.45) is 0. The van der Waals surface area contributed by atoms with E-state index in [-0.39, 0.29) is 23.6 Å². The third kappa shape index (κ3) is 3.95. The van der Waals surface area contributed by atoms with Crippen molar-refractivity contribution < 1.29 is 24.5 Å². The number of carboxylic acid groups (broad SMARTS) is 1. The fourth-order valence-corrected chi connectivity index (χ4v) is 2.01. The standard InChI is InChI=1S/C17H16N2O5/c1-3-24-17(23)11-5-4-6-12(8-11)18-19-13-7-10(2)15(20)14(9-13)16(21)22/h4-9,20H,3H2,1-2H3,(H,21,22). The van der Waals surface area contributed by atoms with Gasteiger partial charge in [0.25, 0.3) is 0 Å². The van der Waals surface area contributed by atoms with E-state index in [1.165, 1.54) is 18.2 Å². The molecule has 0 saturated carbocycles. The van der Waals surface area contributed by atoms with E-state index in [1.54, 1.807) is 32.0 Å². The van der Waals surface area contributed by atoms with Gasteiger partial charge in [0.1, 0.15) is 11.3 Å². The van der Waals surface area contributed by atoms with Crippen molar-refractivity contribution in [2.24, 2.45) is 10.2 Å². The highest BCUT2D eigenvalue weighted by molar-refractivity contribution is 5.92. The summed E-state index contributed by atoms with van der Waals surface area (Å²) in [4.78, 5) is 22.8. The largest absolute Gasteiger partial charge is 0.507 e. The maximum absolute atomic E-state index is 11.7. The van der Waals surface area contributed by atoms with Crippen molar-refractivity contribution in [3.05, 3.63) is 53.1 Å². The Hall–Kier alpha value is -3.22. The number of nitrogens with zero attached hydrogens (tertiary/aromatic N) is 2. The van der Waals surface area contributed by atoms with Gasteiger partial charge >= 0.3 is 11.9 Å². The average Bonchev–Trinajstić information content (AvgIpc) is 2.56. The number of hydrogen-bond donors (Lipinski definition) is 2. The van der Waals surface area contributed by atoms with Gasteiger partial charge in [0.15, 0.2) is 0 Å². The molecule has 0 fully saturated rings. The van der Waals surface area contributed by atoms with E-state index in [2.05, 4.69) is 10.2 Å². The second-order valence-corrected chi connectivity index (χ2v) is 4.93. The van der Waals surface area contributed by atoms with Gasteiger partial charge in [-0.25, -0.2) is 9.59 Å². The minimum Gasteiger partial charge on any atom is -0.507 e. The normalized spacial score (nSPS) is 10.8. The fraction of sp³-hybridized carbons (Fsp3) is 0.176. The Morgan fingerprint density at radius 3 is 2.50 bits per heavy atom. The summed E-state index contributed by atoms with van der Waals surface area (Å²) in [5.74, 6) is -2.01. The quantitative estimate of drug-likeness (QED) is 0.637. The van der Waals surface area contributed by atoms with E-state index >= 15 is 0 Å². The van der Waals surface area contributed by atoms with Gasteiger partial charge in [-0.3, -0.25) is 0 Å². The molecule has 0 atom stereocenters. The molecule has 2 aromatic carbocycles. The van der Waals surface area contributed by atoms with Gasteiger partial charge < -0.3 is 14.9 Å². The fourth-order valence-electron chi connectivity index (χ4n) is 2.01. The number of hydrogen-bond acceptors (Lipinski definition) is 6. The number of aromatic carboxylic acids is 1. The maximum atomic E-state index is 11.7. The first-order valence-electron chi connectivity index (χ1n) is 7.18. The summed E-state index contributed by atoms with van der Waals surface area (Å²) in [6.45, 7) is 3.56. The molecule has 7 nitrogen and oxygen atoms in total. The maximum Gasteiger partial charge on any atom is 0.339 e. The molecule has 24 heavy (non-hydrogen) atoms. The third-order valence-electron chi connectivity index (χ3n) is 3.15. The number of benzene rings is 2. The highest BCUT2D eigenvalue weighted by Gasteiger charge is 2.13. The van der Waals surface area contributed by atoms with Crippen molar-refractivity contribution in [1.29, 1.82) is 0 Å². The zero-order chi connectivity index (χ0) is 17.7. The predicted molar refractivity (Wildman–Crippen MR) is 86.4 cm³/mol. The molecule has 2 aromatic rings. The third-order valence-corrected chi connectivity index (χ3v) is 3.15. The van der Waals surface area contributed by atoms with Crippen LogP contribution in [0.3, 0.4) is 0 Å². The summed E-state index contributed by atoms with van der Waals surface area (Å²) in [6, 6.07) is 9.16. The SMILES string of the molecule is CCOC(=O)c1cccc(N=Nc2cc(C)c(O)c(C(=O)O)c2)c1. The summed E-state index contributed by atoms with van der Waals surface area (Å²) in [5, 5.41) is 26.7. The Balaban J connectivity index is 2.30. The van der Waals surface area contributed by atoms with E-state index in [1.807, 2.05) is 0 Å². The van der Waals surface area contributed by atoms with Crippen molar-refractivity contribution in [2.45, 2.75) is 13.8 Å². The van der Waals surface area contributed by atoms with Gasteiger partial charge in [-0.15, -0.1) is 0 Å². The molecule has 0 aromatic heterocycles. The Morgan fingerprint density at radius 1 is 1.12 bits per heavy atom. The highest BCUT2D eigenvalue weighted by atomic mass is 16.5. The van der Waals surface area contributed by atoms with Crippen LogP contribution >= 0.6 is 0 Å². The van der Waals surface area contributed by atoms with Gasteiger partial charge in [-0.2, -0.15) is 10.2 Å². The lowest BCUT2D eigenvalue weighted by molar-refractivity contribution is 0.0525. The van der Waals surface area contributed by atoms with E-state index < -0.39 is 11.9 Å². The smallest absolute Gasteiger partial charge is 0.339 e. The number of rotatable bonds is 5. The van der Waals surface area contributed by atoms with Gasteiger partial charge in [0.05, 0.1) is 23.5 Å². The van der Waals surface area contributed by atoms with Crippen molar-refractivity contribution >= 4 is 23.3 Å². The second-order valence-electron chi connectivity index (χ2n) is 4.93. The molecule has 0 aliphatic rings. The molecule has 0 amide bonds. The molecule has 0 spiro atoms. The molecule has 0 aliphatic carbocycles. The minimum atomic E-state index is -1.25. The minimum absolute atomic E-state index is 0.246. The summed E-state index contributed by atoms with van der Waals surface area (Å²) in [7, 11) is 0. The number of carboxylic acids is 1. The van der Waals surface area contributed by atoms with Crippen LogP contribution in [0.15, 0.2) is 46.6 Å². The first-order chi connectivity index (χ1) is 11.4. The van der Waals surface area contributed by atoms with Crippen LogP contribution in [0.1, 0.15) is 33.2 Å². The number of aryl methyl sites for hydroxylation is 1. The molecule has 0 bridgehead atoms. The molecular formula is C17H16N2O5. The van der Waals surface area contributed by atoms with Crippen molar-refractivity contribution in [3.63, 3.8) is 0 Å². The molecule has 0 radical (unpaired) electrons. The summed E-state index contributed by atoms with van der Waals surface area (Å²) < 4.78 is 4.91. The molecule has 124 valence electrons. The number of azo groups is 1. The molecular weight excluding hydrogens is 312 g/mol. The van der Waals surface area contributed by atoms with Gasteiger partial charge in [0.2, 0.25) is 0 Å². The number of phenols is 1. The van der Waals surface area contributed by atoms with Crippen LogP contribution in [0.25, 0.3) is 0 Å². The van der Waals surface area contributed by atoms with Crippen LogP contribution in [-0.2, 0) is 4.74 Å². The van der Waals surface area contributed by atoms with Crippen LogP contribution in [0.5, 0.6) is 5.75 Å². The van der Waals surface area contributed by atoms with Crippen LogP contribution in [-0.4, -0.2) is 28.8 Å². The monoisotopic (exact) mass is 328 g/mol. The molecule has 0 saturated heterocycles. The number of ether oxygens (including phenoxy) is 1. The number of esters is 1. The molecule has 2 rings (SSSR count). The summed E-state index contributed by atoms with van der Waals surface area (Å²) in [5.41, 5.74) is 1.18. The Labute approximate surface area is 138 Å². The molecule has 0 unspecified atom stereocenters. The first-order valence-corrected chi connectivity index (χ1v) is 7.18. The van der Waals surface area contributed by atoms with Gasteiger partial charge in [-0.1, -0.05) is 6.07 Å². The van der Waals surface area contributed by atoms with Crippen LogP contribution in [0.4, 0.5) is 11.4 Å². The molecule has 0 heterocycles. The molecule has 7 heteroatoms. The lowest BCUT2D eigenvalue weighted by Crippen LogP contribution is -2.03. The highest BCUT2D eigenvalue weighted by Crippen LogP contribution is 2.29. The Bertz CT molecular complexity index is 815. The van der Waals surface area contributed by atoms with Gasteiger partial charge in [0, 0.05) is 0 Å². The van der Waals surface area contributed by atoms with E-state index in [0.717, 1.165) is 0 Å². The molecule has 2 N–H and O–H groups in total. The van der Waals surface area contributed by atoms with E-state index in [9.17, 15) is 14.7 Å². The average molecular weight is 328 g/mol. The first kappa shape index (κ1) is 17.1. The number of carbonyl (C=O) groups excluding carboxylic acids is 1. The number of aromatic hydroxyl groups is 1. The summed E-state index contributed by atoms with van der Waals surface area (Å²) >= 11 is 0. The van der Waals surface area contributed by atoms with Crippen molar-refractivity contribution in [1.82, 2.24) is 0 Å². The molecule has 0 aliphatic heterocycles. The number of carbonyl (C=O) groups is 2. The topological polar surface area (TPSA) is 109 Å². The van der Waals surface area contributed by atoms with E-state index in [0.29, 0.717) is 16.8 Å². The van der Waals surface area contributed by atoms with Crippen molar-refractivity contribution in [2.75, 3.05) is 6.61 Å². The lowest BCUT2D eigenvalue weighted by atomic mass is 10.1. The van der Waals surface area contributed by atoms with Crippen LogP contribution in [0.2, 0.25) is 0 Å². The van der Waals surface area contributed by atoms with Crippen LogP contribution < -0.4 is 0 Å². The predicted octanol–water partition coefficient (Wildman–Crippen LogP) is 3.99. The Morgan fingerprint density at radius 2 is 1.83 bits per heavy atom. The zero-order valence-electron chi connectivity index (χ0n) is 13.2. The zero-order valence-corrected chi connectivity index (χ0v) is 13.2. The van der Waals surface area contributed by atoms with Crippen molar-refractivity contribution in [3.8, 4) is 5.75 Å². The van der Waals surface area contributed by atoms with E-state index in [4.69, 9.17) is 9.84 Å². The van der Waals surface area contributed by atoms with Gasteiger partial charge in [-0.05, 0) is 49.7 Å².